The largest absolute Gasteiger partial charge is 0.504 e. The predicted octanol–water partition coefficient (Wildman–Crippen LogP) is 1.80. The van der Waals surface area contributed by atoms with Crippen molar-refractivity contribution in [2.24, 2.45) is 11.7 Å². The summed E-state index contributed by atoms with van der Waals surface area (Å²) in [5.41, 5.74) is 7.21. The molecule has 0 aromatic heterocycles. The Morgan fingerprint density at radius 3 is 2.79 bits per heavy atom. The third-order valence-corrected chi connectivity index (χ3v) is 3.96. The van der Waals surface area contributed by atoms with E-state index in [2.05, 4.69) is 4.90 Å². The highest BCUT2D eigenvalue weighted by molar-refractivity contribution is 5.52. The number of phenolic OH excluding ortho intramolecular Hbond substituents is 1. The molecular weight excluding hydrogens is 247 g/mol. The summed E-state index contributed by atoms with van der Waals surface area (Å²) in [6.07, 6.45) is 0.871. The minimum Gasteiger partial charge on any atom is -0.504 e. The van der Waals surface area contributed by atoms with Crippen LogP contribution in [0.2, 0.25) is 0 Å². The highest BCUT2D eigenvalue weighted by Crippen LogP contribution is 2.44. The van der Waals surface area contributed by atoms with Gasteiger partial charge in [-0.3, -0.25) is 4.90 Å². The van der Waals surface area contributed by atoms with Crippen LogP contribution in [0.4, 0.5) is 4.39 Å². The van der Waals surface area contributed by atoms with E-state index >= 15 is 0 Å². The van der Waals surface area contributed by atoms with Gasteiger partial charge < -0.3 is 15.6 Å². The third-order valence-electron chi connectivity index (χ3n) is 3.96. The lowest BCUT2D eigenvalue weighted by Crippen LogP contribution is -2.21. The number of hydrogen-bond donors (Lipinski definition) is 2. The Morgan fingerprint density at radius 2 is 2.26 bits per heavy atom. The number of nitrogens with two attached hydrogens (primary N) is 1. The number of halogens is 1. The standard InChI is InChI=1S/C14H21FN2O2/c1-8-4-10(15)14(19-3)13(18)12(8)11-5-9(6-16)7-17(11)2/h4,9,11,18H,5-7,16H2,1-3H3. The van der Waals surface area contributed by atoms with Crippen molar-refractivity contribution >= 4 is 0 Å². The van der Waals surface area contributed by atoms with Crippen molar-refractivity contribution in [3.05, 3.63) is 23.0 Å². The second-order valence-electron chi connectivity index (χ2n) is 5.26. The van der Waals surface area contributed by atoms with Gasteiger partial charge in [-0.1, -0.05) is 0 Å². The lowest BCUT2D eigenvalue weighted by Gasteiger charge is -2.23. The van der Waals surface area contributed by atoms with Crippen LogP contribution in [0.1, 0.15) is 23.6 Å². The zero-order valence-corrected chi connectivity index (χ0v) is 11.6. The topological polar surface area (TPSA) is 58.7 Å². The van der Waals surface area contributed by atoms with E-state index < -0.39 is 5.82 Å². The van der Waals surface area contributed by atoms with Gasteiger partial charge in [0.1, 0.15) is 0 Å². The summed E-state index contributed by atoms with van der Waals surface area (Å²) >= 11 is 0. The summed E-state index contributed by atoms with van der Waals surface area (Å²) in [4.78, 5) is 2.15. The van der Waals surface area contributed by atoms with E-state index in [1.165, 1.54) is 13.2 Å². The summed E-state index contributed by atoms with van der Waals surface area (Å²) in [5.74, 6) is -0.290. The molecule has 5 heteroatoms. The maximum absolute atomic E-state index is 13.7. The molecule has 1 fully saturated rings. The average Bonchev–Trinajstić information content (AvgIpc) is 2.71. The zero-order chi connectivity index (χ0) is 14.2. The van der Waals surface area contributed by atoms with Gasteiger partial charge in [0.05, 0.1) is 7.11 Å². The number of ether oxygens (including phenoxy) is 1. The molecule has 2 rings (SSSR count). The lowest BCUT2D eigenvalue weighted by atomic mass is 9.95. The maximum Gasteiger partial charge on any atom is 0.196 e. The molecule has 0 radical (unpaired) electrons. The monoisotopic (exact) mass is 268 g/mol. The van der Waals surface area contributed by atoms with Gasteiger partial charge in [-0.15, -0.1) is 0 Å². The molecule has 1 aromatic rings. The van der Waals surface area contributed by atoms with Gasteiger partial charge in [0.2, 0.25) is 0 Å². The average molecular weight is 268 g/mol. The van der Waals surface area contributed by atoms with Crippen LogP contribution in [0.25, 0.3) is 0 Å². The SMILES string of the molecule is COc1c(F)cc(C)c(C2CC(CN)CN2C)c1O. The molecule has 2 unspecified atom stereocenters. The molecular formula is C14H21FN2O2. The second-order valence-corrected chi connectivity index (χ2v) is 5.26. The number of likely N-dealkylation sites (tertiary alicyclic amines) is 1. The fraction of sp³-hybridized carbons (Fsp3) is 0.571. The fourth-order valence-electron chi connectivity index (χ4n) is 2.98. The lowest BCUT2D eigenvalue weighted by molar-refractivity contribution is 0.296. The van der Waals surface area contributed by atoms with Crippen LogP contribution < -0.4 is 10.5 Å². The third kappa shape index (κ3) is 2.40. The van der Waals surface area contributed by atoms with E-state index in [1.807, 2.05) is 7.05 Å². The van der Waals surface area contributed by atoms with Crippen molar-refractivity contribution < 1.29 is 14.2 Å². The van der Waals surface area contributed by atoms with Gasteiger partial charge >= 0.3 is 0 Å². The molecule has 106 valence electrons. The Labute approximate surface area is 113 Å². The molecule has 1 saturated heterocycles. The molecule has 4 nitrogen and oxygen atoms in total. The minimum atomic E-state index is -0.530. The molecule has 0 spiro atoms. The Balaban J connectivity index is 2.45. The predicted molar refractivity (Wildman–Crippen MR) is 71.9 cm³/mol. The molecule has 0 bridgehead atoms. The second kappa shape index (κ2) is 5.35. The van der Waals surface area contributed by atoms with Gasteiger partial charge in [-0.25, -0.2) is 4.39 Å². The van der Waals surface area contributed by atoms with Crippen molar-refractivity contribution in [1.29, 1.82) is 0 Å². The first-order valence-electron chi connectivity index (χ1n) is 6.45. The number of nitrogens with zero attached hydrogens (tertiary/aromatic N) is 1. The highest BCUT2D eigenvalue weighted by atomic mass is 19.1. The van der Waals surface area contributed by atoms with Crippen LogP contribution in [0, 0.1) is 18.7 Å². The molecule has 3 N–H and O–H groups in total. The summed E-state index contributed by atoms with van der Waals surface area (Å²) in [6.45, 7) is 3.32. The Hall–Kier alpha value is -1.33. The van der Waals surface area contributed by atoms with Crippen molar-refractivity contribution in [1.82, 2.24) is 4.90 Å². The van der Waals surface area contributed by atoms with Crippen molar-refractivity contribution in [3.8, 4) is 11.5 Å². The Bertz CT molecular complexity index is 479. The van der Waals surface area contributed by atoms with Gasteiger partial charge in [0, 0.05) is 18.2 Å². The number of benzene rings is 1. The minimum absolute atomic E-state index is 0.0584. The van der Waals surface area contributed by atoms with E-state index in [9.17, 15) is 9.50 Å². The quantitative estimate of drug-likeness (QED) is 0.877. The Kier molecular flexibility index (Phi) is 3.96. The van der Waals surface area contributed by atoms with Gasteiger partial charge in [0.15, 0.2) is 17.3 Å². The first-order valence-corrected chi connectivity index (χ1v) is 6.45. The smallest absolute Gasteiger partial charge is 0.196 e. The molecule has 1 heterocycles. The zero-order valence-electron chi connectivity index (χ0n) is 11.6. The molecule has 0 saturated carbocycles. The van der Waals surface area contributed by atoms with Crippen LogP contribution in [-0.2, 0) is 0 Å². The van der Waals surface area contributed by atoms with E-state index in [4.69, 9.17) is 10.5 Å². The van der Waals surface area contributed by atoms with Crippen LogP contribution in [0.15, 0.2) is 6.07 Å². The number of methoxy groups -OCH3 is 1. The molecule has 19 heavy (non-hydrogen) atoms. The number of aryl methyl sites for hydroxylation is 1. The van der Waals surface area contributed by atoms with E-state index in [0.717, 1.165) is 24.1 Å². The summed E-state index contributed by atoms with van der Waals surface area (Å²) in [5, 5.41) is 10.3. The summed E-state index contributed by atoms with van der Waals surface area (Å²) in [6, 6.07) is 1.47. The number of hydrogen-bond acceptors (Lipinski definition) is 4. The molecule has 1 aliphatic heterocycles. The Morgan fingerprint density at radius 1 is 1.58 bits per heavy atom. The maximum atomic E-state index is 13.7. The molecule has 2 atom stereocenters. The fourth-order valence-corrected chi connectivity index (χ4v) is 2.98. The van der Waals surface area contributed by atoms with Gasteiger partial charge in [-0.2, -0.15) is 0 Å². The van der Waals surface area contributed by atoms with E-state index in [1.54, 1.807) is 6.92 Å². The van der Waals surface area contributed by atoms with Crippen LogP contribution >= 0.6 is 0 Å². The summed E-state index contributed by atoms with van der Waals surface area (Å²) in [7, 11) is 3.35. The van der Waals surface area contributed by atoms with E-state index in [-0.39, 0.29) is 17.5 Å². The van der Waals surface area contributed by atoms with Crippen molar-refractivity contribution in [3.63, 3.8) is 0 Å². The van der Waals surface area contributed by atoms with Crippen LogP contribution in [-0.4, -0.2) is 37.3 Å². The number of rotatable bonds is 3. The number of phenols is 1. The molecule has 1 aromatic carbocycles. The van der Waals surface area contributed by atoms with Crippen LogP contribution in [0.5, 0.6) is 11.5 Å². The van der Waals surface area contributed by atoms with Crippen molar-refractivity contribution in [2.75, 3.05) is 27.2 Å². The first kappa shape index (κ1) is 14.1. The molecule has 0 aliphatic carbocycles. The van der Waals surface area contributed by atoms with Crippen molar-refractivity contribution in [2.45, 2.75) is 19.4 Å². The number of aromatic hydroxyl groups is 1. The summed E-state index contributed by atoms with van der Waals surface area (Å²) < 4.78 is 18.7. The van der Waals surface area contributed by atoms with Crippen LogP contribution in [0.3, 0.4) is 0 Å². The molecule has 1 aliphatic rings. The van der Waals surface area contributed by atoms with E-state index in [0.29, 0.717) is 12.5 Å². The van der Waals surface area contributed by atoms with Gasteiger partial charge in [-0.05, 0) is 44.5 Å². The normalized spacial score (nSPS) is 23.8. The first-order chi connectivity index (χ1) is 8.99. The van der Waals surface area contributed by atoms with Gasteiger partial charge in [0.25, 0.3) is 0 Å². The molecule has 0 amide bonds. The highest BCUT2D eigenvalue weighted by Gasteiger charge is 2.33.